The molecule has 0 amide bonds. The minimum atomic E-state index is 0.847. The van der Waals surface area contributed by atoms with Gasteiger partial charge in [0.05, 0.1) is 0 Å². The van der Waals surface area contributed by atoms with Crippen molar-refractivity contribution < 1.29 is 4.74 Å². The van der Waals surface area contributed by atoms with Gasteiger partial charge in [-0.25, -0.2) is 0 Å². The Morgan fingerprint density at radius 3 is 2.44 bits per heavy atom. The van der Waals surface area contributed by atoms with E-state index < -0.39 is 0 Å². The smallest absolute Gasteiger partial charge is 0.0496 e. The first-order chi connectivity index (χ1) is 4.41. The van der Waals surface area contributed by atoms with Crippen LogP contribution in [0.25, 0.3) is 0 Å². The van der Waals surface area contributed by atoms with Crippen LogP contribution in [-0.4, -0.2) is 13.7 Å². The molecule has 0 aliphatic rings. The van der Waals surface area contributed by atoms with Gasteiger partial charge in [-0.3, -0.25) is 0 Å². The molecule has 0 aromatic carbocycles. The first kappa shape index (κ1) is 8.70. The lowest BCUT2D eigenvalue weighted by molar-refractivity contribution is 0.204. The Bertz CT molecular complexity index is 67.0. The van der Waals surface area contributed by atoms with Crippen LogP contribution in [0.1, 0.15) is 26.2 Å². The molecule has 1 heteroatoms. The fourth-order valence-electron chi connectivity index (χ4n) is 0.588. The molecule has 0 atom stereocenters. The second kappa shape index (κ2) is 7.70. The summed E-state index contributed by atoms with van der Waals surface area (Å²) >= 11 is 0. The van der Waals surface area contributed by atoms with Gasteiger partial charge in [0.2, 0.25) is 0 Å². The molecule has 0 saturated carbocycles. The molecule has 0 spiro atoms. The van der Waals surface area contributed by atoms with Crippen molar-refractivity contribution >= 4 is 0 Å². The minimum Gasteiger partial charge on any atom is -0.384 e. The third kappa shape index (κ3) is 7.70. The first-order valence-corrected chi connectivity index (χ1v) is 3.55. The Kier molecular flexibility index (Phi) is 7.44. The maximum Gasteiger partial charge on any atom is 0.0496 e. The highest BCUT2D eigenvalue weighted by molar-refractivity contribution is 4.80. The van der Waals surface area contributed by atoms with E-state index in [9.17, 15) is 0 Å². The molecule has 0 aliphatic heterocycles. The summed E-state index contributed by atoms with van der Waals surface area (Å²) in [6, 6.07) is 0. The van der Waals surface area contributed by atoms with E-state index in [1.54, 1.807) is 7.11 Å². The van der Waals surface area contributed by atoms with Crippen LogP contribution in [-0.2, 0) is 4.74 Å². The van der Waals surface area contributed by atoms with Crippen molar-refractivity contribution in [2.75, 3.05) is 13.7 Å². The van der Waals surface area contributed by atoms with Gasteiger partial charge in [0.15, 0.2) is 0 Å². The molecule has 1 nitrogen and oxygen atoms in total. The molecule has 0 aromatic heterocycles. The van der Waals surface area contributed by atoms with Gasteiger partial charge in [0, 0.05) is 13.7 Å². The van der Waals surface area contributed by atoms with Crippen LogP contribution in [0, 0.1) is 0 Å². The molecular weight excluding hydrogens is 112 g/mol. The number of unbranched alkanes of at least 4 members (excludes halogenated alkanes) is 1. The van der Waals surface area contributed by atoms with E-state index in [0.717, 1.165) is 13.0 Å². The third-order valence-electron chi connectivity index (χ3n) is 1.11. The van der Waals surface area contributed by atoms with Gasteiger partial charge in [-0.05, 0) is 12.8 Å². The maximum atomic E-state index is 4.87. The third-order valence-corrected chi connectivity index (χ3v) is 1.11. The number of hydrogen-bond donors (Lipinski definition) is 0. The summed E-state index contributed by atoms with van der Waals surface area (Å²) in [4.78, 5) is 0. The van der Waals surface area contributed by atoms with Gasteiger partial charge in [-0.15, -0.1) is 0 Å². The summed E-state index contributed by atoms with van der Waals surface area (Å²) in [6.45, 7) is 3.03. The molecule has 0 aliphatic carbocycles. The summed E-state index contributed by atoms with van der Waals surface area (Å²) in [5, 5.41) is 0. The van der Waals surface area contributed by atoms with Crippen molar-refractivity contribution in [3.8, 4) is 0 Å². The standard InChI is InChI=1S/C8H16O/c1-3-4-5-6-7-8-9-2/h5-6H,3-4,7-8H2,1-2H3/b6-5-. The SMILES string of the molecule is CCC/C=C\CCOC. The van der Waals surface area contributed by atoms with Crippen molar-refractivity contribution in [3.05, 3.63) is 12.2 Å². The second-order valence-corrected chi connectivity index (χ2v) is 2.04. The highest BCUT2D eigenvalue weighted by atomic mass is 16.5. The van der Waals surface area contributed by atoms with Crippen molar-refractivity contribution in [1.29, 1.82) is 0 Å². The highest BCUT2D eigenvalue weighted by Crippen LogP contribution is 1.90. The number of hydrogen-bond acceptors (Lipinski definition) is 1. The molecule has 0 rings (SSSR count). The molecule has 0 aromatic rings. The van der Waals surface area contributed by atoms with E-state index in [0.29, 0.717) is 0 Å². The molecule has 0 bridgehead atoms. The van der Waals surface area contributed by atoms with E-state index >= 15 is 0 Å². The number of allylic oxidation sites excluding steroid dienone is 1. The van der Waals surface area contributed by atoms with Crippen LogP contribution in [0.4, 0.5) is 0 Å². The molecule has 0 fully saturated rings. The van der Waals surface area contributed by atoms with E-state index in [1.165, 1.54) is 12.8 Å². The van der Waals surface area contributed by atoms with Crippen molar-refractivity contribution in [2.24, 2.45) is 0 Å². The fraction of sp³-hybridized carbons (Fsp3) is 0.750. The molecule has 9 heavy (non-hydrogen) atoms. The predicted octanol–water partition coefficient (Wildman–Crippen LogP) is 2.38. The van der Waals surface area contributed by atoms with Crippen LogP contribution in [0.3, 0.4) is 0 Å². The summed E-state index contributed by atoms with van der Waals surface area (Å²) in [5.41, 5.74) is 0. The summed E-state index contributed by atoms with van der Waals surface area (Å²) in [7, 11) is 1.73. The number of rotatable bonds is 5. The lowest BCUT2D eigenvalue weighted by atomic mass is 10.3. The van der Waals surface area contributed by atoms with Crippen LogP contribution in [0.2, 0.25) is 0 Å². The predicted molar refractivity (Wildman–Crippen MR) is 40.5 cm³/mol. The van der Waals surface area contributed by atoms with Crippen molar-refractivity contribution in [1.82, 2.24) is 0 Å². The van der Waals surface area contributed by atoms with Crippen LogP contribution in [0.15, 0.2) is 12.2 Å². The van der Waals surface area contributed by atoms with Gasteiger partial charge in [-0.2, -0.15) is 0 Å². The number of methoxy groups -OCH3 is 1. The summed E-state index contributed by atoms with van der Waals surface area (Å²) in [6.07, 6.45) is 7.87. The summed E-state index contributed by atoms with van der Waals surface area (Å²) in [5.74, 6) is 0. The average Bonchev–Trinajstić information content (AvgIpc) is 1.89. The molecule has 54 valence electrons. The Morgan fingerprint density at radius 2 is 1.89 bits per heavy atom. The monoisotopic (exact) mass is 128 g/mol. The molecule has 0 unspecified atom stereocenters. The van der Waals surface area contributed by atoms with Gasteiger partial charge < -0.3 is 4.74 Å². The zero-order valence-electron chi connectivity index (χ0n) is 6.39. The second-order valence-electron chi connectivity index (χ2n) is 2.04. The molecule has 0 radical (unpaired) electrons. The molecule has 0 saturated heterocycles. The zero-order valence-corrected chi connectivity index (χ0v) is 6.39. The Hall–Kier alpha value is -0.300. The Labute approximate surface area is 57.7 Å². The van der Waals surface area contributed by atoms with Gasteiger partial charge >= 0.3 is 0 Å². The number of ether oxygens (including phenoxy) is 1. The largest absolute Gasteiger partial charge is 0.384 e. The minimum absolute atomic E-state index is 0.847. The lowest BCUT2D eigenvalue weighted by Crippen LogP contribution is -1.83. The van der Waals surface area contributed by atoms with Gasteiger partial charge in [0.1, 0.15) is 0 Å². The Morgan fingerprint density at radius 1 is 1.22 bits per heavy atom. The summed E-state index contributed by atoms with van der Waals surface area (Å²) < 4.78 is 4.87. The Balaban J connectivity index is 2.86. The topological polar surface area (TPSA) is 9.23 Å². The maximum absolute atomic E-state index is 4.87. The molecule has 0 heterocycles. The molecular formula is C8H16O. The lowest BCUT2D eigenvalue weighted by Gasteiger charge is -1.89. The van der Waals surface area contributed by atoms with Gasteiger partial charge in [-0.1, -0.05) is 25.5 Å². The van der Waals surface area contributed by atoms with E-state index in [-0.39, 0.29) is 0 Å². The van der Waals surface area contributed by atoms with Crippen LogP contribution in [0.5, 0.6) is 0 Å². The van der Waals surface area contributed by atoms with Crippen molar-refractivity contribution in [3.63, 3.8) is 0 Å². The van der Waals surface area contributed by atoms with E-state index in [4.69, 9.17) is 4.74 Å². The van der Waals surface area contributed by atoms with E-state index in [1.807, 2.05) is 0 Å². The molecule has 0 N–H and O–H groups in total. The average molecular weight is 128 g/mol. The fourth-order valence-corrected chi connectivity index (χ4v) is 0.588. The van der Waals surface area contributed by atoms with Gasteiger partial charge in [0.25, 0.3) is 0 Å². The van der Waals surface area contributed by atoms with E-state index in [2.05, 4.69) is 19.1 Å². The first-order valence-electron chi connectivity index (χ1n) is 3.55. The van der Waals surface area contributed by atoms with Crippen molar-refractivity contribution in [2.45, 2.75) is 26.2 Å². The zero-order chi connectivity index (χ0) is 6.95. The van der Waals surface area contributed by atoms with Crippen LogP contribution < -0.4 is 0 Å². The highest BCUT2D eigenvalue weighted by Gasteiger charge is 1.75. The van der Waals surface area contributed by atoms with Crippen LogP contribution >= 0.6 is 0 Å². The quantitative estimate of drug-likeness (QED) is 0.408. The normalized spacial score (nSPS) is 10.9.